The van der Waals surface area contributed by atoms with Crippen LogP contribution in [0.25, 0.3) is 5.65 Å². The van der Waals surface area contributed by atoms with Crippen LogP contribution in [0.15, 0.2) is 24.7 Å². The van der Waals surface area contributed by atoms with Gasteiger partial charge in [-0.1, -0.05) is 13.8 Å². The standard InChI is InChI=1S/C10H13N3/c1-3-8(2)9-6-10-11-4-5-13(10)12-7-9/h4-8H,3H2,1-2H3. The minimum atomic E-state index is 0.564. The molecular weight excluding hydrogens is 162 g/mol. The fourth-order valence-electron chi connectivity index (χ4n) is 1.33. The highest BCUT2D eigenvalue weighted by molar-refractivity contribution is 5.39. The molecule has 0 N–H and O–H groups in total. The molecule has 0 radical (unpaired) electrons. The Hall–Kier alpha value is -1.38. The van der Waals surface area contributed by atoms with Gasteiger partial charge in [-0.3, -0.25) is 0 Å². The van der Waals surface area contributed by atoms with Crippen molar-refractivity contribution in [3.63, 3.8) is 0 Å². The lowest BCUT2D eigenvalue weighted by molar-refractivity contribution is 0.722. The fourth-order valence-corrected chi connectivity index (χ4v) is 1.33. The molecule has 2 rings (SSSR count). The minimum absolute atomic E-state index is 0.564. The summed E-state index contributed by atoms with van der Waals surface area (Å²) in [5, 5.41) is 4.26. The molecule has 0 saturated carbocycles. The van der Waals surface area contributed by atoms with Crippen molar-refractivity contribution in [2.24, 2.45) is 0 Å². The van der Waals surface area contributed by atoms with Crippen LogP contribution in [0, 0.1) is 0 Å². The quantitative estimate of drug-likeness (QED) is 0.700. The van der Waals surface area contributed by atoms with Gasteiger partial charge in [0, 0.05) is 12.4 Å². The molecule has 0 fully saturated rings. The van der Waals surface area contributed by atoms with Gasteiger partial charge in [-0.2, -0.15) is 5.10 Å². The van der Waals surface area contributed by atoms with Crippen molar-refractivity contribution in [1.82, 2.24) is 14.6 Å². The number of hydrogen-bond donors (Lipinski definition) is 0. The van der Waals surface area contributed by atoms with Crippen LogP contribution in [0.4, 0.5) is 0 Å². The van der Waals surface area contributed by atoms with Crippen LogP contribution in [0.2, 0.25) is 0 Å². The Labute approximate surface area is 77.4 Å². The van der Waals surface area contributed by atoms with Gasteiger partial charge in [-0.15, -0.1) is 0 Å². The van der Waals surface area contributed by atoms with E-state index in [1.807, 2.05) is 12.4 Å². The van der Waals surface area contributed by atoms with E-state index in [-0.39, 0.29) is 0 Å². The van der Waals surface area contributed by atoms with Crippen LogP contribution in [0.1, 0.15) is 31.7 Å². The van der Waals surface area contributed by atoms with Crippen molar-refractivity contribution in [2.45, 2.75) is 26.2 Å². The Morgan fingerprint density at radius 1 is 1.54 bits per heavy atom. The Bertz CT molecular complexity index is 405. The summed E-state index contributed by atoms with van der Waals surface area (Å²) in [6.07, 6.45) is 6.68. The second-order valence-corrected chi connectivity index (χ2v) is 3.33. The first-order valence-electron chi connectivity index (χ1n) is 4.60. The second kappa shape index (κ2) is 3.17. The molecule has 1 unspecified atom stereocenters. The molecule has 3 nitrogen and oxygen atoms in total. The molecule has 2 heterocycles. The van der Waals surface area contributed by atoms with E-state index in [9.17, 15) is 0 Å². The van der Waals surface area contributed by atoms with Gasteiger partial charge in [0.2, 0.25) is 0 Å². The minimum Gasteiger partial charge on any atom is -0.236 e. The van der Waals surface area contributed by atoms with Gasteiger partial charge in [0.25, 0.3) is 0 Å². The van der Waals surface area contributed by atoms with E-state index in [4.69, 9.17) is 0 Å². The van der Waals surface area contributed by atoms with Gasteiger partial charge in [-0.25, -0.2) is 9.50 Å². The first kappa shape index (κ1) is 8.23. The van der Waals surface area contributed by atoms with E-state index in [0.717, 1.165) is 12.1 Å². The number of fused-ring (bicyclic) bond motifs is 1. The Morgan fingerprint density at radius 2 is 2.38 bits per heavy atom. The van der Waals surface area contributed by atoms with Crippen LogP contribution >= 0.6 is 0 Å². The molecule has 0 aliphatic carbocycles. The van der Waals surface area contributed by atoms with Crippen molar-refractivity contribution >= 4 is 5.65 Å². The predicted octanol–water partition coefficient (Wildman–Crippen LogP) is 2.24. The predicted molar refractivity (Wildman–Crippen MR) is 51.7 cm³/mol. The third kappa shape index (κ3) is 1.41. The number of aromatic nitrogens is 3. The van der Waals surface area contributed by atoms with Crippen LogP contribution in [-0.4, -0.2) is 14.6 Å². The Balaban J connectivity index is 2.48. The third-order valence-electron chi connectivity index (χ3n) is 2.46. The van der Waals surface area contributed by atoms with Crippen LogP contribution in [-0.2, 0) is 0 Å². The molecule has 0 saturated heterocycles. The van der Waals surface area contributed by atoms with E-state index in [2.05, 4.69) is 30.0 Å². The second-order valence-electron chi connectivity index (χ2n) is 3.33. The zero-order chi connectivity index (χ0) is 9.26. The lowest BCUT2D eigenvalue weighted by Gasteiger charge is -2.07. The summed E-state index contributed by atoms with van der Waals surface area (Å²) in [5.41, 5.74) is 2.19. The van der Waals surface area contributed by atoms with Crippen molar-refractivity contribution < 1.29 is 0 Å². The van der Waals surface area contributed by atoms with Crippen molar-refractivity contribution in [2.75, 3.05) is 0 Å². The molecule has 0 aliphatic heterocycles. The first-order valence-corrected chi connectivity index (χ1v) is 4.60. The molecule has 2 aromatic heterocycles. The molecule has 13 heavy (non-hydrogen) atoms. The highest BCUT2D eigenvalue weighted by Gasteiger charge is 2.04. The molecule has 0 aromatic carbocycles. The molecule has 1 atom stereocenters. The zero-order valence-corrected chi connectivity index (χ0v) is 7.94. The lowest BCUT2D eigenvalue weighted by Crippen LogP contribution is -1.96. The summed E-state index contributed by atoms with van der Waals surface area (Å²) in [6.45, 7) is 4.39. The third-order valence-corrected chi connectivity index (χ3v) is 2.46. The summed E-state index contributed by atoms with van der Waals surface area (Å²) >= 11 is 0. The van der Waals surface area contributed by atoms with Crippen molar-refractivity contribution in [3.05, 3.63) is 30.2 Å². The summed E-state index contributed by atoms with van der Waals surface area (Å²) < 4.78 is 1.78. The lowest BCUT2D eigenvalue weighted by atomic mass is 10.0. The Kier molecular flexibility index (Phi) is 2.00. The summed E-state index contributed by atoms with van der Waals surface area (Å²) in [4.78, 5) is 4.20. The molecule has 0 bridgehead atoms. The number of imidazole rings is 1. The Morgan fingerprint density at radius 3 is 3.15 bits per heavy atom. The number of rotatable bonds is 2. The molecule has 3 heteroatoms. The average molecular weight is 175 g/mol. The van der Waals surface area contributed by atoms with Crippen LogP contribution in [0.3, 0.4) is 0 Å². The molecule has 0 spiro atoms. The highest BCUT2D eigenvalue weighted by atomic mass is 15.2. The van der Waals surface area contributed by atoms with E-state index in [0.29, 0.717) is 5.92 Å². The maximum atomic E-state index is 4.26. The van der Waals surface area contributed by atoms with Crippen LogP contribution in [0.5, 0.6) is 0 Å². The van der Waals surface area contributed by atoms with Gasteiger partial charge in [-0.05, 0) is 24.0 Å². The van der Waals surface area contributed by atoms with Gasteiger partial charge in [0.05, 0.1) is 6.20 Å². The maximum absolute atomic E-state index is 4.26. The van der Waals surface area contributed by atoms with E-state index < -0.39 is 0 Å². The van der Waals surface area contributed by atoms with Gasteiger partial charge in [0.1, 0.15) is 0 Å². The molecule has 0 aliphatic rings. The van der Waals surface area contributed by atoms with Gasteiger partial charge >= 0.3 is 0 Å². The van der Waals surface area contributed by atoms with Gasteiger partial charge in [0.15, 0.2) is 5.65 Å². The summed E-state index contributed by atoms with van der Waals surface area (Å²) in [6, 6.07) is 2.10. The molecule has 0 amide bonds. The molecule has 2 aromatic rings. The summed E-state index contributed by atoms with van der Waals surface area (Å²) in [7, 11) is 0. The number of nitrogens with zero attached hydrogens (tertiary/aromatic N) is 3. The van der Waals surface area contributed by atoms with Crippen molar-refractivity contribution in [1.29, 1.82) is 0 Å². The SMILES string of the molecule is CCC(C)c1cnn2ccnc2c1. The van der Waals surface area contributed by atoms with E-state index in [1.54, 1.807) is 10.7 Å². The maximum Gasteiger partial charge on any atom is 0.153 e. The zero-order valence-electron chi connectivity index (χ0n) is 7.94. The first-order chi connectivity index (χ1) is 6.31. The fraction of sp³-hybridized carbons (Fsp3) is 0.400. The monoisotopic (exact) mass is 175 g/mol. The molecular formula is C10H13N3. The van der Waals surface area contributed by atoms with Crippen LogP contribution < -0.4 is 0 Å². The van der Waals surface area contributed by atoms with E-state index >= 15 is 0 Å². The largest absolute Gasteiger partial charge is 0.236 e. The highest BCUT2D eigenvalue weighted by Crippen LogP contribution is 2.17. The van der Waals surface area contributed by atoms with E-state index in [1.165, 1.54) is 5.56 Å². The smallest absolute Gasteiger partial charge is 0.153 e. The number of hydrogen-bond acceptors (Lipinski definition) is 2. The molecule has 68 valence electrons. The topological polar surface area (TPSA) is 30.2 Å². The summed E-state index contributed by atoms with van der Waals surface area (Å²) in [5.74, 6) is 0.564. The normalized spacial score (nSPS) is 13.4. The van der Waals surface area contributed by atoms with Gasteiger partial charge < -0.3 is 0 Å². The van der Waals surface area contributed by atoms with Crippen molar-refractivity contribution in [3.8, 4) is 0 Å². The average Bonchev–Trinajstić information content (AvgIpc) is 2.63.